The summed E-state index contributed by atoms with van der Waals surface area (Å²) in [4.78, 5) is 0. The third-order valence-electron chi connectivity index (χ3n) is 1.18. The second-order valence-corrected chi connectivity index (χ2v) is 1.79. The number of hydrogen-bond donors (Lipinski definition) is 0. The maximum atomic E-state index is 4.92. The minimum atomic E-state index is 0. The van der Waals surface area contributed by atoms with E-state index in [1.165, 1.54) is 0 Å². The van der Waals surface area contributed by atoms with Crippen molar-refractivity contribution in [1.82, 2.24) is 0 Å². The molecule has 0 atom stereocenters. The zero-order valence-corrected chi connectivity index (χ0v) is 6.05. The van der Waals surface area contributed by atoms with E-state index in [9.17, 15) is 0 Å². The Kier molecular flexibility index (Phi) is 5.38. The van der Waals surface area contributed by atoms with Crippen LogP contribution in [-0.4, -0.2) is 43.8 Å². The summed E-state index contributed by atoms with van der Waals surface area (Å²) in [5, 5.41) is 0. The monoisotopic (exact) mass is 161 g/mol. The van der Waals surface area contributed by atoms with Crippen LogP contribution >= 0.6 is 0 Å². The number of methoxy groups -OCH3 is 2. The molecule has 1 radical (unpaired) electrons. The zero-order valence-electron chi connectivity index (χ0n) is 6.05. The van der Waals surface area contributed by atoms with Crippen molar-refractivity contribution in [3.63, 3.8) is 0 Å². The fraction of sp³-hybridized carbons (Fsp3) is 0.250. The van der Waals surface area contributed by atoms with E-state index in [1.807, 2.05) is 18.2 Å². The molecule has 11 heavy (non-hydrogen) atoms. The van der Waals surface area contributed by atoms with Crippen LogP contribution < -0.4 is 9.47 Å². The molecule has 0 aliphatic carbocycles. The Morgan fingerprint density at radius 1 is 1.09 bits per heavy atom. The first-order chi connectivity index (χ1) is 4.86. The van der Waals surface area contributed by atoms with Crippen LogP contribution in [-0.2, 0) is 0 Å². The fourth-order valence-electron chi connectivity index (χ4n) is 0.666. The van der Waals surface area contributed by atoms with E-state index in [0.717, 1.165) is 0 Å². The maximum absolute atomic E-state index is 4.92. The molecule has 0 aliphatic heterocycles. The summed E-state index contributed by atoms with van der Waals surface area (Å²) in [5.74, 6) is 1.39. The van der Waals surface area contributed by atoms with E-state index in [2.05, 4.69) is 6.07 Å². The number of rotatable bonds is 2. The van der Waals surface area contributed by atoms with Gasteiger partial charge in [-0.05, 0) is 12.1 Å². The van der Waals surface area contributed by atoms with E-state index < -0.39 is 0 Å². The second-order valence-electron chi connectivity index (χ2n) is 1.79. The van der Waals surface area contributed by atoms with E-state index in [0.29, 0.717) is 11.5 Å². The average molecular weight is 161 g/mol. The van der Waals surface area contributed by atoms with Crippen molar-refractivity contribution >= 4 is 29.6 Å². The molecule has 55 valence electrons. The van der Waals surface area contributed by atoms with Gasteiger partial charge in [0.15, 0.2) is 0 Å². The fourth-order valence-corrected chi connectivity index (χ4v) is 0.666. The molecule has 0 saturated heterocycles. The number of benzene rings is 1. The molecule has 0 bridgehead atoms. The van der Waals surface area contributed by atoms with E-state index in [1.54, 1.807) is 14.2 Å². The normalized spacial score (nSPS) is 8.18. The Hall–Kier alpha value is -0.180. The Morgan fingerprint density at radius 2 is 1.55 bits per heavy atom. The van der Waals surface area contributed by atoms with Crippen molar-refractivity contribution in [2.75, 3.05) is 14.2 Å². The third-order valence-corrected chi connectivity index (χ3v) is 1.18. The Morgan fingerprint density at radius 3 is 1.91 bits per heavy atom. The summed E-state index contributed by atoms with van der Waals surface area (Å²) in [6, 6.07) is 8.40. The van der Waals surface area contributed by atoms with E-state index in [4.69, 9.17) is 9.47 Å². The second kappa shape index (κ2) is 5.47. The molecule has 1 aromatic carbocycles. The Bertz CT molecular complexity index is 194. The predicted octanol–water partition coefficient (Wildman–Crippen LogP) is 0.855. The number of hydrogen-bond acceptors (Lipinski definition) is 2. The van der Waals surface area contributed by atoms with Gasteiger partial charge in [0.1, 0.15) is 11.5 Å². The van der Waals surface area contributed by atoms with Crippen molar-refractivity contribution in [3.05, 3.63) is 24.3 Å². The van der Waals surface area contributed by atoms with Crippen molar-refractivity contribution in [3.8, 4) is 11.5 Å². The molecule has 1 rings (SSSR count). The van der Waals surface area contributed by atoms with Gasteiger partial charge < -0.3 is 9.47 Å². The van der Waals surface area contributed by atoms with E-state index in [-0.39, 0.29) is 29.6 Å². The predicted molar refractivity (Wildman–Crippen MR) is 45.5 cm³/mol. The quantitative estimate of drug-likeness (QED) is 0.599. The van der Waals surface area contributed by atoms with Gasteiger partial charge in [0.05, 0.1) is 20.3 Å². The molecule has 1 aromatic rings. The average Bonchev–Trinajstić information content (AvgIpc) is 2.05. The first-order valence-corrected chi connectivity index (χ1v) is 2.97. The first kappa shape index (κ1) is 10.8. The topological polar surface area (TPSA) is 18.5 Å². The van der Waals surface area contributed by atoms with Crippen LogP contribution in [0.2, 0.25) is 0 Å². The summed E-state index contributed by atoms with van der Waals surface area (Å²) in [6.07, 6.45) is 0. The van der Waals surface area contributed by atoms with Crippen LogP contribution in [0.15, 0.2) is 18.2 Å². The molecule has 0 saturated carbocycles. The molecule has 0 aliphatic rings. The van der Waals surface area contributed by atoms with Gasteiger partial charge in [-0.2, -0.15) is 0 Å². The molecule has 3 heteroatoms. The molecule has 0 N–H and O–H groups in total. The van der Waals surface area contributed by atoms with Crippen molar-refractivity contribution in [2.24, 2.45) is 0 Å². The van der Waals surface area contributed by atoms with Gasteiger partial charge in [-0.15, -0.1) is 0 Å². The molecular formula is C8H10NaO2. The van der Waals surface area contributed by atoms with Crippen LogP contribution in [0.3, 0.4) is 0 Å². The Labute approximate surface area is 88.8 Å². The molecule has 0 amide bonds. The van der Waals surface area contributed by atoms with Crippen molar-refractivity contribution in [2.45, 2.75) is 0 Å². The first-order valence-electron chi connectivity index (χ1n) is 2.97. The van der Waals surface area contributed by atoms with Gasteiger partial charge in [0.2, 0.25) is 0 Å². The van der Waals surface area contributed by atoms with Gasteiger partial charge in [-0.1, -0.05) is 6.07 Å². The summed E-state index contributed by atoms with van der Waals surface area (Å²) in [6.45, 7) is 0. The van der Waals surface area contributed by atoms with Gasteiger partial charge in [-0.25, -0.2) is 0 Å². The van der Waals surface area contributed by atoms with Gasteiger partial charge in [0.25, 0.3) is 0 Å². The molecular weight excluding hydrogens is 151 g/mol. The molecule has 0 spiro atoms. The summed E-state index contributed by atoms with van der Waals surface area (Å²) in [7, 11) is 3.20. The molecule has 2 nitrogen and oxygen atoms in total. The molecule has 0 heterocycles. The third kappa shape index (κ3) is 3.14. The minimum absolute atomic E-state index is 0. The standard InChI is InChI=1S/C8H9O2.Na.H/c1-9-7-4-3-5-8(6-7)10-2;;/h3-5H,1-2H3;;. The van der Waals surface area contributed by atoms with Crippen LogP contribution in [0.25, 0.3) is 0 Å². The SMILES string of the molecule is COc1[c]c(OC)ccc1.[NaH]. The van der Waals surface area contributed by atoms with Gasteiger partial charge in [-0.3, -0.25) is 0 Å². The summed E-state index contributed by atoms with van der Waals surface area (Å²) >= 11 is 0. The summed E-state index contributed by atoms with van der Waals surface area (Å²) < 4.78 is 9.84. The molecule has 0 aromatic heterocycles. The van der Waals surface area contributed by atoms with Crippen LogP contribution in [0.5, 0.6) is 11.5 Å². The van der Waals surface area contributed by atoms with Crippen LogP contribution in [0, 0.1) is 6.07 Å². The van der Waals surface area contributed by atoms with Gasteiger partial charge >= 0.3 is 29.6 Å². The van der Waals surface area contributed by atoms with E-state index >= 15 is 0 Å². The van der Waals surface area contributed by atoms with Crippen LogP contribution in [0.1, 0.15) is 0 Å². The zero-order chi connectivity index (χ0) is 7.40. The van der Waals surface area contributed by atoms with Crippen molar-refractivity contribution < 1.29 is 9.47 Å². The molecule has 0 unspecified atom stereocenters. The number of ether oxygens (including phenoxy) is 2. The Balaban J connectivity index is 0.000001000. The molecule has 0 fully saturated rings. The summed E-state index contributed by atoms with van der Waals surface area (Å²) in [5.41, 5.74) is 0. The van der Waals surface area contributed by atoms with Gasteiger partial charge in [0, 0.05) is 0 Å². The van der Waals surface area contributed by atoms with Crippen LogP contribution in [0.4, 0.5) is 0 Å². The van der Waals surface area contributed by atoms with Crippen molar-refractivity contribution in [1.29, 1.82) is 0 Å².